The Balaban J connectivity index is 4.97. The van der Waals surface area contributed by atoms with Gasteiger partial charge in [-0.3, -0.25) is 4.79 Å². The summed E-state index contributed by atoms with van der Waals surface area (Å²) in [6.07, 6.45) is 0. The monoisotopic (exact) mass is 288 g/mol. The highest BCUT2D eigenvalue weighted by atomic mass is 28.4. The summed E-state index contributed by atoms with van der Waals surface area (Å²) in [6, 6.07) is 0. The van der Waals surface area contributed by atoms with Crippen molar-refractivity contribution in [3.05, 3.63) is 0 Å². The highest BCUT2D eigenvalue weighted by Crippen LogP contribution is 2.35. The molecule has 0 rings (SSSR count). The van der Waals surface area contributed by atoms with Gasteiger partial charge in [-0.1, -0.05) is 41.5 Å². The third-order valence-electron chi connectivity index (χ3n) is 4.46. The van der Waals surface area contributed by atoms with Crippen molar-refractivity contribution in [3.8, 4) is 0 Å². The van der Waals surface area contributed by atoms with Crippen LogP contribution in [0, 0.1) is 11.3 Å². The van der Waals surface area contributed by atoms with E-state index in [1.165, 1.54) is 0 Å². The number of hydrogen-bond donors (Lipinski definition) is 1. The molecule has 0 heterocycles. The standard InChI is InChI=1S/C15H32O3Si/c1-11(2)14(17)15(7,9-16)10-18-19(8,12(3)4)13(5)6/h11-13,16H,9-10H2,1-8H3. The maximum absolute atomic E-state index is 12.2. The van der Waals surface area contributed by atoms with Crippen LogP contribution in [0.4, 0.5) is 0 Å². The fraction of sp³-hybridized carbons (Fsp3) is 0.933. The molecule has 0 spiro atoms. The van der Waals surface area contributed by atoms with Crippen LogP contribution < -0.4 is 0 Å². The van der Waals surface area contributed by atoms with E-state index in [4.69, 9.17) is 4.43 Å². The van der Waals surface area contributed by atoms with Crippen LogP contribution in [0.5, 0.6) is 0 Å². The van der Waals surface area contributed by atoms with Gasteiger partial charge < -0.3 is 9.53 Å². The van der Waals surface area contributed by atoms with E-state index in [-0.39, 0.29) is 18.3 Å². The van der Waals surface area contributed by atoms with E-state index in [2.05, 4.69) is 34.2 Å². The van der Waals surface area contributed by atoms with Crippen LogP contribution in [0.3, 0.4) is 0 Å². The first-order valence-corrected chi connectivity index (χ1v) is 9.86. The van der Waals surface area contributed by atoms with Gasteiger partial charge in [0, 0.05) is 12.5 Å². The number of aliphatic hydroxyl groups is 1. The summed E-state index contributed by atoms with van der Waals surface area (Å²) in [5.74, 6) is 0.00522. The molecule has 114 valence electrons. The van der Waals surface area contributed by atoms with Crippen molar-refractivity contribution in [3.63, 3.8) is 0 Å². The summed E-state index contributed by atoms with van der Waals surface area (Å²) in [5.41, 5.74) is 0.209. The Morgan fingerprint density at radius 3 is 1.84 bits per heavy atom. The van der Waals surface area contributed by atoms with E-state index in [9.17, 15) is 9.90 Å². The largest absolute Gasteiger partial charge is 0.415 e. The molecular formula is C15H32O3Si. The lowest BCUT2D eigenvalue weighted by Crippen LogP contribution is -2.47. The van der Waals surface area contributed by atoms with Crippen molar-refractivity contribution >= 4 is 14.1 Å². The molecule has 0 aromatic rings. The minimum Gasteiger partial charge on any atom is -0.415 e. The molecule has 0 aliphatic carbocycles. The number of carbonyl (C=O) groups is 1. The maximum atomic E-state index is 12.2. The Bertz CT molecular complexity index is 292. The van der Waals surface area contributed by atoms with Gasteiger partial charge in [0.1, 0.15) is 5.78 Å². The number of aliphatic hydroxyl groups excluding tert-OH is 1. The van der Waals surface area contributed by atoms with Gasteiger partial charge in [0.15, 0.2) is 8.32 Å². The van der Waals surface area contributed by atoms with Crippen LogP contribution in [-0.2, 0) is 9.22 Å². The average Bonchev–Trinajstić information content (AvgIpc) is 2.33. The first kappa shape index (κ1) is 18.8. The molecule has 0 bridgehead atoms. The average molecular weight is 289 g/mol. The number of carbonyl (C=O) groups excluding carboxylic acids is 1. The van der Waals surface area contributed by atoms with Crippen LogP contribution in [0.25, 0.3) is 0 Å². The molecule has 1 unspecified atom stereocenters. The Morgan fingerprint density at radius 1 is 1.16 bits per heavy atom. The molecule has 4 heteroatoms. The van der Waals surface area contributed by atoms with Gasteiger partial charge in [-0.15, -0.1) is 0 Å². The van der Waals surface area contributed by atoms with Gasteiger partial charge >= 0.3 is 0 Å². The van der Waals surface area contributed by atoms with Crippen molar-refractivity contribution < 1.29 is 14.3 Å². The van der Waals surface area contributed by atoms with Crippen molar-refractivity contribution in [2.75, 3.05) is 13.2 Å². The zero-order chi connectivity index (χ0) is 15.4. The summed E-state index contributed by atoms with van der Waals surface area (Å²) in [6.45, 7) is 16.7. The predicted octanol–water partition coefficient (Wildman–Crippen LogP) is 3.62. The molecule has 0 aromatic carbocycles. The smallest absolute Gasteiger partial charge is 0.194 e. The summed E-state index contributed by atoms with van der Waals surface area (Å²) >= 11 is 0. The summed E-state index contributed by atoms with van der Waals surface area (Å²) in [7, 11) is -1.87. The molecular weight excluding hydrogens is 256 g/mol. The Labute approximate surface area is 119 Å². The molecule has 0 saturated carbocycles. The molecule has 1 atom stereocenters. The van der Waals surface area contributed by atoms with Crippen LogP contribution in [0.1, 0.15) is 48.5 Å². The lowest BCUT2D eigenvalue weighted by molar-refractivity contribution is -0.135. The Hall–Kier alpha value is -0.193. The molecule has 1 N–H and O–H groups in total. The molecule has 0 amide bonds. The second kappa shape index (κ2) is 7.00. The molecule has 0 aliphatic heterocycles. The minimum atomic E-state index is -1.87. The first-order chi connectivity index (χ1) is 8.51. The van der Waals surface area contributed by atoms with Crippen LogP contribution in [0.15, 0.2) is 0 Å². The van der Waals surface area contributed by atoms with Gasteiger partial charge in [-0.05, 0) is 24.6 Å². The zero-order valence-electron chi connectivity index (χ0n) is 13.9. The van der Waals surface area contributed by atoms with Crippen molar-refractivity contribution in [2.45, 2.75) is 66.1 Å². The molecule has 0 saturated heterocycles. The number of ketones is 1. The van der Waals surface area contributed by atoms with E-state index >= 15 is 0 Å². The third-order valence-corrected chi connectivity index (χ3v) is 9.81. The Kier molecular flexibility index (Phi) is 6.93. The number of Topliss-reactive ketones (excluding diaryl/α,β-unsaturated/α-hetero) is 1. The van der Waals surface area contributed by atoms with Gasteiger partial charge in [-0.25, -0.2) is 0 Å². The molecule has 0 aliphatic rings. The SMILES string of the molecule is CC(C)C(=O)C(C)(CO)CO[Si](C)(C(C)C)C(C)C. The Morgan fingerprint density at radius 2 is 1.58 bits per heavy atom. The molecule has 0 radical (unpaired) electrons. The summed E-state index contributed by atoms with van der Waals surface area (Å²) in [4.78, 5) is 12.2. The third kappa shape index (κ3) is 4.40. The number of hydrogen-bond acceptors (Lipinski definition) is 3. The van der Waals surface area contributed by atoms with Crippen LogP contribution in [-0.4, -0.2) is 32.4 Å². The van der Waals surface area contributed by atoms with E-state index in [0.717, 1.165) is 0 Å². The van der Waals surface area contributed by atoms with Crippen molar-refractivity contribution in [2.24, 2.45) is 11.3 Å². The highest BCUT2D eigenvalue weighted by Gasteiger charge is 2.41. The highest BCUT2D eigenvalue weighted by molar-refractivity contribution is 6.75. The second-order valence-electron chi connectivity index (χ2n) is 7.02. The second-order valence-corrected chi connectivity index (χ2v) is 12.0. The van der Waals surface area contributed by atoms with E-state index in [1.54, 1.807) is 0 Å². The van der Waals surface area contributed by atoms with Crippen LogP contribution in [0.2, 0.25) is 17.6 Å². The summed E-state index contributed by atoms with van der Waals surface area (Å²) in [5, 5.41) is 9.59. The topological polar surface area (TPSA) is 46.5 Å². The lowest BCUT2D eigenvalue weighted by Gasteiger charge is -2.39. The van der Waals surface area contributed by atoms with Crippen molar-refractivity contribution in [1.82, 2.24) is 0 Å². The van der Waals surface area contributed by atoms with E-state index < -0.39 is 13.7 Å². The molecule has 0 fully saturated rings. The zero-order valence-corrected chi connectivity index (χ0v) is 14.9. The van der Waals surface area contributed by atoms with Gasteiger partial charge in [0.25, 0.3) is 0 Å². The van der Waals surface area contributed by atoms with E-state index in [0.29, 0.717) is 17.7 Å². The van der Waals surface area contributed by atoms with Gasteiger partial charge in [0.2, 0.25) is 0 Å². The van der Waals surface area contributed by atoms with Gasteiger partial charge in [-0.2, -0.15) is 0 Å². The molecule has 19 heavy (non-hydrogen) atoms. The fourth-order valence-electron chi connectivity index (χ4n) is 2.21. The summed E-state index contributed by atoms with van der Waals surface area (Å²) < 4.78 is 6.24. The molecule has 3 nitrogen and oxygen atoms in total. The maximum Gasteiger partial charge on any atom is 0.194 e. The van der Waals surface area contributed by atoms with Crippen molar-refractivity contribution in [1.29, 1.82) is 0 Å². The quantitative estimate of drug-likeness (QED) is 0.694. The predicted molar refractivity (Wildman–Crippen MR) is 82.8 cm³/mol. The molecule has 0 aromatic heterocycles. The fourth-order valence-corrected chi connectivity index (χ4v) is 4.84. The van der Waals surface area contributed by atoms with Crippen LogP contribution >= 0.6 is 0 Å². The first-order valence-electron chi connectivity index (χ1n) is 7.30. The minimum absolute atomic E-state index is 0.0771. The normalized spacial score (nSPS) is 16.2. The lowest BCUT2D eigenvalue weighted by atomic mass is 9.82. The number of rotatable bonds is 8. The van der Waals surface area contributed by atoms with Gasteiger partial charge in [0.05, 0.1) is 12.0 Å². The van der Waals surface area contributed by atoms with E-state index in [1.807, 2.05) is 20.8 Å².